The van der Waals surface area contributed by atoms with Crippen LogP contribution in [0, 0.1) is 0 Å². The summed E-state index contributed by atoms with van der Waals surface area (Å²) in [6.07, 6.45) is 2.26. The molecule has 0 saturated heterocycles. The van der Waals surface area contributed by atoms with Crippen LogP contribution in [0.15, 0.2) is 18.2 Å². The van der Waals surface area contributed by atoms with Crippen molar-refractivity contribution in [3.05, 3.63) is 24.0 Å². The molecular formula is C17H25ClN2O. The summed E-state index contributed by atoms with van der Waals surface area (Å²) in [5.41, 5.74) is 2.03. The Hall–Kier alpha value is -1.22. The Morgan fingerprint density at radius 3 is 2.38 bits per heavy atom. The van der Waals surface area contributed by atoms with E-state index in [-0.39, 0.29) is 11.5 Å². The Labute approximate surface area is 132 Å². The fourth-order valence-electron chi connectivity index (χ4n) is 2.78. The molecule has 0 amide bonds. The van der Waals surface area contributed by atoms with E-state index in [1.807, 2.05) is 32.9 Å². The predicted octanol–water partition coefficient (Wildman–Crippen LogP) is 5.48. The standard InChI is InChI=1S/C17H25ClN2O/c1-6-13(7-2)20-14-9-8-10-15(21-11(3)4)16(14)19-17(20)12(5)18/h8-13H,6-7H2,1-5H3. The lowest BCUT2D eigenvalue weighted by atomic mass is 10.1. The summed E-state index contributed by atoms with van der Waals surface area (Å²) in [5, 5.41) is -0.120. The van der Waals surface area contributed by atoms with Gasteiger partial charge in [0.2, 0.25) is 0 Å². The number of ether oxygens (including phenoxy) is 1. The van der Waals surface area contributed by atoms with E-state index in [9.17, 15) is 0 Å². The van der Waals surface area contributed by atoms with Gasteiger partial charge in [0.05, 0.1) is 17.0 Å². The highest BCUT2D eigenvalue weighted by molar-refractivity contribution is 6.20. The summed E-state index contributed by atoms with van der Waals surface area (Å²) in [7, 11) is 0. The van der Waals surface area contributed by atoms with E-state index >= 15 is 0 Å². The molecule has 0 saturated carbocycles. The number of alkyl halides is 1. The lowest BCUT2D eigenvalue weighted by Crippen LogP contribution is -2.11. The molecule has 1 aromatic heterocycles. The minimum absolute atomic E-state index is 0.120. The van der Waals surface area contributed by atoms with Gasteiger partial charge < -0.3 is 9.30 Å². The molecule has 0 aliphatic heterocycles. The quantitative estimate of drug-likeness (QED) is 0.660. The molecule has 3 nitrogen and oxygen atoms in total. The smallest absolute Gasteiger partial charge is 0.147 e. The summed E-state index contributed by atoms with van der Waals surface area (Å²) in [6, 6.07) is 6.54. The maximum atomic E-state index is 6.37. The van der Waals surface area contributed by atoms with Gasteiger partial charge in [0.1, 0.15) is 17.1 Å². The van der Waals surface area contributed by atoms with Gasteiger partial charge in [0, 0.05) is 6.04 Å². The Bertz CT molecular complexity index is 600. The van der Waals surface area contributed by atoms with Crippen LogP contribution < -0.4 is 4.74 Å². The number of benzene rings is 1. The Morgan fingerprint density at radius 2 is 1.86 bits per heavy atom. The van der Waals surface area contributed by atoms with E-state index in [1.165, 1.54) is 0 Å². The number of aromatic nitrogens is 2. The van der Waals surface area contributed by atoms with Gasteiger partial charge in [0.15, 0.2) is 0 Å². The van der Waals surface area contributed by atoms with Crippen LogP contribution in [0.2, 0.25) is 0 Å². The van der Waals surface area contributed by atoms with Crippen molar-refractivity contribution in [2.75, 3.05) is 0 Å². The molecule has 0 N–H and O–H groups in total. The van der Waals surface area contributed by atoms with Crippen molar-refractivity contribution in [1.29, 1.82) is 0 Å². The van der Waals surface area contributed by atoms with Crippen LogP contribution in [-0.2, 0) is 0 Å². The maximum Gasteiger partial charge on any atom is 0.147 e. The normalized spacial score (nSPS) is 13.3. The second-order valence-electron chi connectivity index (χ2n) is 5.72. The molecule has 2 rings (SSSR count). The zero-order valence-electron chi connectivity index (χ0n) is 13.6. The Kier molecular flexibility index (Phi) is 5.15. The van der Waals surface area contributed by atoms with Crippen LogP contribution in [0.4, 0.5) is 0 Å². The van der Waals surface area contributed by atoms with Crippen molar-refractivity contribution in [3.8, 4) is 5.75 Å². The van der Waals surface area contributed by atoms with Crippen molar-refractivity contribution < 1.29 is 4.74 Å². The Balaban J connectivity index is 2.67. The lowest BCUT2D eigenvalue weighted by Gasteiger charge is -2.19. The molecule has 1 atom stereocenters. The number of para-hydroxylation sites is 1. The third-order valence-electron chi connectivity index (χ3n) is 3.74. The first-order valence-corrected chi connectivity index (χ1v) is 8.24. The average molecular weight is 309 g/mol. The van der Waals surface area contributed by atoms with Crippen molar-refractivity contribution >= 4 is 22.6 Å². The third kappa shape index (κ3) is 3.18. The second-order valence-corrected chi connectivity index (χ2v) is 6.37. The molecule has 116 valence electrons. The summed E-state index contributed by atoms with van der Waals surface area (Å²) < 4.78 is 8.20. The number of halogens is 1. The van der Waals surface area contributed by atoms with Crippen molar-refractivity contribution in [2.45, 2.75) is 65.0 Å². The van der Waals surface area contributed by atoms with Gasteiger partial charge in [-0.2, -0.15) is 0 Å². The highest BCUT2D eigenvalue weighted by Crippen LogP contribution is 2.34. The highest BCUT2D eigenvalue weighted by atomic mass is 35.5. The molecule has 1 heterocycles. The van der Waals surface area contributed by atoms with Crippen LogP contribution >= 0.6 is 11.6 Å². The van der Waals surface area contributed by atoms with E-state index in [4.69, 9.17) is 21.3 Å². The average Bonchev–Trinajstić information content (AvgIpc) is 2.81. The minimum atomic E-state index is -0.120. The maximum absolute atomic E-state index is 6.37. The first-order chi connectivity index (χ1) is 9.99. The van der Waals surface area contributed by atoms with Gasteiger partial charge in [-0.1, -0.05) is 19.9 Å². The van der Waals surface area contributed by atoms with Crippen LogP contribution in [0.3, 0.4) is 0 Å². The number of rotatable bonds is 6. The molecule has 4 heteroatoms. The highest BCUT2D eigenvalue weighted by Gasteiger charge is 2.21. The van der Waals surface area contributed by atoms with Gasteiger partial charge in [-0.15, -0.1) is 11.6 Å². The summed E-state index contributed by atoms with van der Waals surface area (Å²) in [4.78, 5) is 4.79. The van der Waals surface area contributed by atoms with Gasteiger partial charge in [0.25, 0.3) is 0 Å². The van der Waals surface area contributed by atoms with Crippen molar-refractivity contribution in [2.24, 2.45) is 0 Å². The summed E-state index contributed by atoms with van der Waals surface area (Å²) in [5.74, 6) is 1.77. The first kappa shape index (κ1) is 16.2. The Morgan fingerprint density at radius 1 is 1.19 bits per heavy atom. The van der Waals surface area contributed by atoms with Gasteiger partial charge in [-0.3, -0.25) is 0 Å². The van der Waals surface area contributed by atoms with E-state index in [2.05, 4.69) is 24.5 Å². The summed E-state index contributed by atoms with van der Waals surface area (Å²) in [6.45, 7) is 10.4. The topological polar surface area (TPSA) is 27.1 Å². The largest absolute Gasteiger partial charge is 0.489 e. The predicted molar refractivity (Wildman–Crippen MR) is 89.4 cm³/mol. The molecule has 0 aliphatic carbocycles. The third-order valence-corrected chi connectivity index (χ3v) is 3.93. The van der Waals surface area contributed by atoms with Gasteiger partial charge in [-0.25, -0.2) is 4.98 Å². The fourth-order valence-corrected chi connectivity index (χ4v) is 2.93. The molecule has 0 radical (unpaired) electrons. The van der Waals surface area contributed by atoms with Crippen LogP contribution in [-0.4, -0.2) is 15.7 Å². The van der Waals surface area contributed by atoms with Crippen molar-refractivity contribution in [1.82, 2.24) is 9.55 Å². The van der Waals surface area contributed by atoms with E-state index in [0.717, 1.165) is 35.4 Å². The number of imidazole rings is 1. The number of fused-ring (bicyclic) bond motifs is 1. The molecule has 0 fully saturated rings. The monoisotopic (exact) mass is 308 g/mol. The zero-order chi connectivity index (χ0) is 15.6. The molecule has 1 aromatic carbocycles. The molecule has 0 aliphatic rings. The molecule has 1 unspecified atom stereocenters. The molecule has 2 aromatic rings. The van der Waals surface area contributed by atoms with E-state index < -0.39 is 0 Å². The van der Waals surface area contributed by atoms with Gasteiger partial charge >= 0.3 is 0 Å². The van der Waals surface area contributed by atoms with Crippen LogP contribution in [0.5, 0.6) is 5.75 Å². The molecule has 0 bridgehead atoms. The van der Waals surface area contributed by atoms with Gasteiger partial charge in [-0.05, 0) is 45.7 Å². The van der Waals surface area contributed by atoms with Crippen LogP contribution in [0.25, 0.3) is 11.0 Å². The molecular weight excluding hydrogens is 284 g/mol. The minimum Gasteiger partial charge on any atom is -0.489 e. The first-order valence-electron chi connectivity index (χ1n) is 7.81. The fraction of sp³-hybridized carbons (Fsp3) is 0.588. The van der Waals surface area contributed by atoms with E-state index in [1.54, 1.807) is 0 Å². The van der Waals surface area contributed by atoms with E-state index in [0.29, 0.717) is 6.04 Å². The summed E-state index contributed by atoms with van der Waals surface area (Å²) >= 11 is 6.37. The SMILES string of the molecule is CCC(CC)n1c(C(C)Cl)nc2c(OC(C)C)cccc21. The van der Waals surface area contributed by atoms with Crippen LogP contribution in [0.1, 0.15) is 64.7 Å². The second kappa shape index (κ2) is 6.69. The number of hydrogen-bond acceptors (Lipinski definition) is 2. The van der Waals surface area contributed by atoms with Crippen molar-refractivity contribution in [3.63, 3.8) is 0 Å². The molecule has 0 spiro atoms. The molecule has 21 heavy (non-hydrogen) atoms. The lowest BCUT2D eigenvalue weighted by molar-refractivity contribution is 0.245. The zero-order valence-corrected chi connectivity index (χ0v) is 14.3. The number of nitrogens with zero attached hydrogens (tertiary/aromatic N) is 2. The number of hydrogen-bond donors (Lipinski definition) is 0.